The van der Waals surface area contributed by atoms with Gasteiger partial charge in [-0.2, -0.15) is 29.8 Å². The normalized spacial score (nSPS) is 11.4. The minimum absolute atomic E-state index is 0. The van der Waals surface area contributed by atoms with Crippen LogP contribution in [0.5, 0.6) is 0 Å². The first-order valence-corrected chi connectivity index (χ1v) is 6.21. The van der Waals surface area contributed by atoms with E-state index in [1.807, 2.05) is 0 Å². The Morgan fingerprint density at radius 3 is 2.18 bits per heavy atom. The van der Waals surface area contributed by atoms with Gasteiger partial charge in [0, 0.05) is 6.54 Å². The molecule has 0 radical (unpaired) electrons. The third-order valence-electron chi connectivity index (χ3n) is 2.95. The fourth-order valence-electron chi connectivity index (χ4n) is 1.73. The van der Waals surface area contributed by atoms with E-state index in [4.69, 9.17) is 0 Å². The van der Waals surface area contributed by atoms with Gasteiger partial charge in [0.2, 0.25) is 0 Å². The van der Waals surface area contributed by atoms with E-state index in [1.165, 1.54) is 11.1 Å². The van der Waals surface area contributed by atoms with Gasteiger partial charge in [0.25, 0.3) is 0 Å². The zero-order valence-corrected chi connectivity index (χ0v) is 12.3. The van der Waals surface area contributed by atoms with Crippen LogP contribution in [0.25, 0.3) is 0 Å². The Labute approximate surface area is 119 Å². The van der Waals surface area contributed by atoms with Crippen LogP contribution in [0.1, 0.15) is 45.7 Å². The summed E-state index contributed by atoms with van der Waals surface area (Å²) >= 11 is 0. The van der Waals surface area contributed by atoms with Crippen LogP contribution in [0, 0.1) is 6.07 Å². The molecule has 17 heavy (non-hydrogen) atoms. The van der Waals surface area contributed by atoms with Crippen molar-refractivity contribution < 1.29 is 18.9 Å². The summed E-state index contributed by atoms with van der Waals surface area (Å²) in [7, 11) is 0. The monoisotopic (exact) mass is 225 g/mol. The molecule has 0 N–H and O–H groups in total. The quantitative estimate of drug-likeness (QED) is 0.536. The summed E-state index contributed by atoms with van der Waals surface area (Å²) in [5.41, 5.74) is 2.80. The maximum atomic E-state index is 3.54. The van der Waals surface area contributed by atoms with E-state index in [-0.39, 0.29) is 24.3 Å². The summed E-state index contributed by atoms with van der Waals surface area (Å²) in [6.07, 6.45) is 0. The van der Waals surface area contributed by atoms with Gasteiger partial charge in [-0.15, -0.1) is 5.56 Å². The van der Waals surface area contributed by atoms with Gasteiger partial charge in [-0.3, -0.25) is 0 Å². The third kappa shape index (κ3) is 5.30. The topological polar surface area (TPSA) is 3.24 Å². The largest absolute Gasteiger partial charge is 1.00 e. The van der Waals surface area contributed by atoms with Crippen LogP contribution in [-0.4, -0.2) is 18.0 Å². The Kier molecular flexibility index (Phi) is 7.17. The van der Waals surface area contributed by atoms with Crippen molar-refractivity contribution in [3.05, 3.63) is 35.4 Å². The number of rotatable bonds is 4. The molecule has 0 aromatic heterocycles. The molecule has 0 atom stereocenters. The summed E-state index contributed by atoms with van der Waals surface area (Å²) in [6, 6.07) is 10.0. The standard InChI is InChI=1S/C15H24N.Li/c1-6-16(7-2)12-13-9-8-10-14(11-13)15(3,4)5;/h8-10H,6-7,12H2,1-5H3;/q-1;+1. The van der Waals surface area contributed by atoms with E-state index >= 15 is 0 Å². The van der Waals surface area contributed by atoms with Gasteiger partial charge in [0.15, 0.2) is 0 Å². The maximum Gasteiger partial charge on any atom is 1.00 e. The van der Waals surface area contributed by atoms with Gasteiger partial charge in [-0.25, -0.2) is 0 Å². The molecule has 0 saturated heterocycles. The van der Waals surface area contributed by atoms with Crippen molar-refractivity contribution >= 4 is 0 Å². The Morgan fingerprint density at radius 1 is 1.12 bits per heavy atom. The van der Waals surface area contributed by atoms with Crippen molar-refractivity contribution in [2.45, 2.75) is 46.6 Å². The first-order valence-electron chi connectivity index (χ1n) is 6.21. The van der Waals surface area contributed by atoms with Crippen LogP contribution in [0.15, 0.2) is 18.2 Å². The molecule has 0 heterocycles. The van der Waals surface area contributed by atoms with Crippen LogP contribution in [0.2, 0.25) is 0 Å². The fourth-order valence-corrected chi connectivity index (χ4v) is 1.73. The van der Waals surface area contributed by atoms with E-state index in [0.29, 0.717) is 0 Å². The molecule has 1 nitrogen and oxygen atoms in total. The van der Waals surface area contributed by atoms with Crippen molar-refractivity contribution in [3.8, 4) is 0 Å². The SMILES string of the molecule is CCN(CC)Cc1[c-]c(C(C)(C)C)ccc1.[Li+]. The second-order valence-electron chi connectivity index (χ2n) is 5.30. The Hall–Kier alpha value is -0.223. The van der Waals surface area contributed by atoms with Crippen molar-refractivity contribution in [1.82, 2.24) is 4.90 Å². The second kappa shape index (κ2) is 7.26. The number of hydrogen-bond donors (Lipinski definition) is 0. The number of nitrogens with zero attached hydrogens (tertiary/aromatic N) is 1. The molecule has 1 aromatic carbocycles. The van der Waals surface area contributed by atoms with Crippen molar-refractivity contribution in [2.24, 2.45) is 0 Å². The molecule has 0 unspecified atom stereocenters. The van der Waals surface area contributed by atoms with Gasteiger partial charge in [-0.1, -0.05) is 34.6 Å². The predicted molar refractivity (Wildman–Crippen MR) is 70.6 cm³/mol. The van der Waals surface area contributed by atoms with Crippen LogP contribution in [-0.2, 0) is 12.0 Å². The average molecular weight is 225 g/mol. The van der Waals surface area contributed by atoms with Gasteiger partial charge in [0.1, 0.15) is 0 Å². The van der Waals surface area contributed by atoms with E-state index in [2.05, 4.69) is 63.8 Å². The van der Waals surface area contributed by atoms with E-state index in [0.717, 1.165) is 19.6 Å². The second-order valence-corrected chi connectivity index (χ2v) is 5.30. The first kappa shape index (κ1) is 16.8. The Morgan fingerprint density at radius 2 is 1.71 bits per heavy atom. The molecule has 2 heteroatoms. The molecule has 0 bridgehead atoms. The first-order chi connectivity index (χ1) is 7.47. The smallest absolute Gasteiger partial charge is 0.302 e. The molecular weight excluding hydrogens is 201 g/mol. The van der Waals surface area contributed by atoms with E-state index < -0.39 is 0 Å². The molecule has 0 amide bonds. The summed E-state index contributed by atoms with van der Waals surface area (Å²) in [4.78, 5) is 2.41. The summed E-state index contributed by atoms with van der Waals surface area (Å²) in [5, 5.41) is 0. The van der Waals surface area contributed by atoms with Crippen LogP contribution < -0.4 is 18.9 Å². The number of hydrogen-bond acceptors (Lipinski definition) is 1. The van der Waals surface area contributed by atoms with Crippen molar-refractivity contribution in [2.75, 3.05) is 13.1 Å². The molecule has 0 spiro atoms. The molecular formula is C15H24LiN. The Bertz CT molecular complexity index is 324. The zero-order chi connectivity index (χ0) is 12.2. The maximum absolute atomic E-state index is 3.54. The molecule has 0 fully saturated rings. The summed E-state index contributed by atoms with van der Waals surface area (Å²) in [6.45, 7) is 14.3. The molecule has 90 valence electrons. The van der Waals surface area contributed by atoms with Gasteiger partial charge < -0.3 is 4.90 Å². The average Bonchev–Trinajstić information content (AvgIpc) is 2.25. The zero-order valence-electron chi connectivity index (χ0n) is 12.3. The Balaban J connectivity index is 0.00000256. The molecule has 0 aliphatic rings. The fraction of sp³-hybridized carbons (Fsp3) is 0.600. The van der Waals surface area contributed by atoms with Gasteiger partial charge >= 0.3 is 18.9 Å². The predicted octanol–water partition coefficient (Wildman–Crippen LogP) is 0.630. The summed E-state index contributed by atoms with van der Waals surface area (Å²) < 4.78 is 0. The van der Waals surface area contributed by atoms with E-state index in [1.54, 1.807) is 0 Å². The molecule has 0 saturated carbocycles. The molecule has 0 aliphatic carbocycles. The van der Waals surface area contributed by atoms with Crippen molar-refractivity contribution in [1.29, 1.82) is 0 Å². The number of benzene rings is 1. The minimum Gasteiger partial charge on any atom is -0.302 e. The van der Waals surface area contributed by atoms with Crippen LogP contribution in [0.4, 0.5) is 0 Å². The molecule has 1 aromatic rings. The summed E-state index contributed by atoms with van der Waals surface area (Å²) in [5.74, 6) is 0. The molecule has 0 aliphatic heterocycles. The van der Waals surface area contributed by atoms with Gasteiger partial charge in [-0.05, 0) is 18.5 Å². The van der Waals surface area contributed by atoms with E-state index in [9.17, 15) is 0 Å². The van der Waals surface area contributed by atoms with Crippen molar-refractivity contribution in [3.63, 3.8) is 0 Å². The minimum atomic E-state index is 0. The molecule has 1 rings (SSSR count). The van der Waals surface area contributed by atoms with Crippen LogP contribution >= 0.6 is 0 Å². The third-order valence-corrected chi connectivity index (χ3v) is 2.95. The van der Waals surface area contributed by atoms with Crippen LogP contribution in [0.3, 0.4) is 0 Å². The van der Waals surface area contributed by atoms with Gasteiger partial charge in [0.05, 0.1) is 0 Å².